The van der Waals surface area contributed by atoms with Crippen molar-refractivity contribution in [3.8, 4) is 0 Å². The number of aromatic nitrogens is 1. The topological polar surface area (TPSA) is 70.5 Å². The van der Waals surface area contributed by atoms with E-state index in [9.17, 15) is 8.42 Å². The van der Waals surface area contributed by atoms with Crippen LogP contribution in [0.2, 0.25) is 4.47 Å². The summed E-state index contributed by atoms with van der Waals surface area (Å²) in [6, 6.07) is 4.76. The molecule has 0 unspecified atom stereocenters. The molecule has 0 bridgehead atoms. The monoisotopic (exact) mass is 320 g/mol. The zero-order valence-corrected chi connectivity index (χ0v) is 12.6. The van der Waals surface area contributed by atoms with Crippen LogP contribution >= 0.6 is 22.9 Å². The van der Waals surface area contributed by atoms with Gasteiger partial charge in [0.2, 0.25) is 10.0 Å². The summed E-state index contributed by atoms with van der Waals surface area (Å²) in [6.45, 7) is 0.231. The summed E-state index contributed by atoms with van der Waals surface area (Å²) >= 11 is 7.11. The zero-order chi connectivity index (χ0) is 14.0. The van der Waals surface area contributed by atoms with Crippen LogP contribution in [-0.4, -0.2) is 43.0 Å². The minimum absolute atomic E-state index is 0.0411. The van der Waals surface area contributed by atoms with E-state index in [4.69, 9.17) is 16.7 Å². The number of sulfonamides is 1. The van der Waals surface area contributed by atoms with E-state index < -0.39 is 10.0 Å². The first kappa shape index (κ1) is 14.7. The molecule has 0 fully saturated rings. The molecule has 2 aromatic rings. The second-order valence-electron chi connectivity index (χ2n) is 4.00. The first-order valence-corrected chi connectivity index (χ1v) is 8.22. The maximum Gasteiger partial charge on any atom is 0.242 e. The molecule has 1 aromatic carbocycles. The van der Waals surface area contributed by atoms with E-state index in [0.29, 0.717) is 16.4 Å². The lowest BCUT2D eigenvalue weighted by Crippen LogP contribution is -2.28. The van der Waals surface area contributed by atoms with Crippen LogP contribution in [0.5, 0.6) is 0 Å². The van der Waals surface area contributed by atoms with Crippen LogP contribution in [0.25, 0.3) is 10.2 Å². The lowest BCUT2D eigenvalue weighted by atomic mass is 10.3. The second-order valence-corrected chi connectivity index (χ2v) is 7.66. The molecule has 1 N–H and O–H groups in total. The molecule has 0 saturated carbocycles. The SMILES string of the molecule is CN(CCCO)S(=O)(=O)c1ccc2sc(Cl)nc2c1. The Labute approximate surface area is 120 Å². The molecule has 0 amide bonds. The highest BCUT2D eigenvalue weighted by atomic mass is 35.5. The highest BCUT2D eigenvalue weighted by Crippen LogP contribution is 2.28. The van der Waals surface area contributed by atoms with Gasteiger partial charge in [-0.3, -0.25) is 0 Å². The van der Waals surface area contributed by atoms with Crippen LogP contribution in [0.3, 0.4) is 0 Å². The average molecular weight is 321 g/mol. The molecule has 0 aliphatic carbocycles. The molecule has 19 heavy (non-hydrogen) atoms. The lowest BCUT2D eigenvalue weighted by molar-refractivity contribution is 0.275. The van der Waals surface area contributed by atoms with Gasteiger partial charge in [-0.2, -0.15) is 0 Å². The van der Waals surface area contributed by atoms with Gasteiger partial charge in [-0.1, -0.05) is 11.6 Å². The van der Waals surface area contributed by atoms with Crippen LogP contribution in [0.1, 0.15) is 6.42 Å². The van der Waals surface area contributed by atoms with E-state index >= 15 is 0 Å². The third kappa shape index (κ3) is 3.06. The van der Waals surface area contributed by atoms with Crippen LogP contribution in [-0.2, 0) is 10.0 Å². The molecule has 0 saturated heterocycles. The predicted molar refractivity (Wildman–Crippen MR) is 76.1 cm³/mol. The number of benzene rings is 1. The van der Waals surface area contributed by atoms with E-state index in [1.807, 2.05) is 0 Å². The molecule has 0 spiro atoms. The summed E-state index contributed by atoms with van der Waals surface area (Å²) < 4.78 is 27.0. The molecule has 5 nitrogen and oxygen atoms in total. The van der Waals surface area contributed by atoms with Crippen molar-refractivity contribution in [2.24, 2.45) is 0 Å². The summed E-state index contributed by atoms with van der Waals surface area (Å²) in [5.74, 6) is 0. The molecule has 1 heterocycles. The fraction of sp³-hybridized carbons (Fsp3) is 0.364. The fourth-order valence-corrected chi connectivity index (χ4v) is 3.87. The predicted octanol–water partition coefficient (Wildman–Crippen LogP) is 1.95. The van der Waals surface area contributed by atoms with Crippen molar-refractivity contribution in [3.63, 3.8) is 0 Å². The van der Waals surface area contributed by atoms with E-state index in [-0.39, 0.29) is 18.0 Å². The van der Waals surface area contributed by atoms with E-state index in [2.05, 4.69) is 4.98 Å². The van der Waals surface area contributed by atoms with Gasteiger partial charge in [-0.15, -0.1) is 11.3 Å². The van der Waals surface area contributed by atoms with Gasteiger partial charge in [-0.25, -0.2) is 17.7 Å². The molecule has 8 heteroatoms. The molecule has 0 atom stereocenters. The first-order chi connectivity index (χ1) is 8.95. The summed E-state index contributed by atoms with van der Waals surface area (Å²) in [4.78, 5) is 4.25. The molecular formula is C11H13ClN2O3S2. The van der Waals surface area contributed by atoms with Gasteiger partial charge in [0.25, 0.3) is 0 Å². The maximum absolute atomic E-state index is 12.3. The highest BCUT2D eigenvalue weighted by molar-refractivity contribution is 7.89. The van der Waals surface area contributed by atoms with Crippen molar-refractivity contribution in [2.45, 2.75) is 11.3 Å². The summed E-state index contributed by atoms with van der Waals surface area (Å²) in [6.07, 6.45) is 0.403. The molecular weight excluding hydrogens is 308 g/mol. The normalized spacial score (nSPS) is 12.4. The highest BCUT2D eigenvalue weighted by Gasteiger charge is 2.21. The van der Waals surface area contributed by atoms with Gasteiger partial charge in [0, 0.05) is 20.2 Å². The van der Waals surface area contributed by atoms with Gasteiger partial charge in [0.15, 0.2) is 4.47 Å². The zero-order valence-electron chi connectivity index (χ0n) is 10.2. The van der Waals surface area contributed by atoms with Crippen LogP contribution in [0.15, 0.2) is 23.1 Å². The standard InChI is InChI=1S/C11H13ClN2O3S2/c1-14(5-2-6-15)19(16,17)8-3-4-10-9(7-8)13-11(12)18-10/h3-4,7,15H,2,5-6H2,1H3. The third-order valence-electron chi connectivity index (χ3n) is 2.67. The van der Waals surface area contributed by atoms with Gasteiger partial charge in [-0.05, 0) is 24.6 Å². The molecule has 0 aliphatic heterocycles. The number of thiazole rings is 1. The van der Waals surface area contributed by atoms with E-state index in [0.717, 1.165) is 4.70 Å². The van der Waals surface area contributed by atoms with Gasteiger partial charge < -0.3 is 5.11 Å². The van der Waals surface area contributed by atoms with Crippen LogP contribution < -0.4 is 0 Å². The van der Waals surface area contributed by atoms with Crippen molar-refractivity contribution in [3.05, 3.63) is 22.7 Å². The summed E-state index contributed by atoms with van der Waals surface area (Å²) in [7, 11) is -2.06. The van der Waals surface area contributed by atoms with Gasteiger partial charge in [0.05, 0.1) is 15.1 Å². The summed E-state index contributed by atoms with van der Waals surface area (Å²) in [5, 5.41) is 8.75. The smallest absolute Gasteiger partial charge is 0.242 e. The van der Waals surface area contributed by atoms with E-state index in [1.54, 1.807) is 12.1 Å². The van der Waals surface area contributed by atoms with Gasteiger partial charge in [0.1, 0.15) is 0 Å². The molecule has 0 radical (unpaired) electrons. The second kappa shape index (κ2) is 5.72. The van der Waals surface area contributed by atoms with Crippen molar-refractivity contribution >= 4 is 43.2 Å². The molecule has 0 aliphatic rings. The molecule has 104 valence electrons. The number of aliphatic hydroxyl groups excluding tert-OH is 1. The average Bonchev–Trinajstić information content (AvgIpc) is 2.74. The molecule has 1 aromatic heterocycles. The number of hydrogen-bond donors (Lipinski definition) is 1. The third-order valence-corrected chi connectivity index (χ3v) is 5.67. The van der Waals surface area contributed by atoms with Crippen molar-refractivity contribution in [1.29, 1.82) is 0 Å². The van der Waals surface area contributed by atoms with Crippen molar-refractivity contribution < 1.29 is 13.5 Å². The number of nitrogens with zero attached hydrogens (tertiary/aromatic N) is 2. The fourth-order valence-electron chi connectivity index (χ4n) is 1.63. The number of hydrogen-bond acceptors (Lipinski definition) is 5. The largest absolute Gasteiger partial charge is 0.396 e. The number of halogens is 1. The minimum atomic E-state index is -3.55. The minimum Gasteiger partial charge on any atom is -0.396 e. The van der Waals surface area contributed by atoms with Crippen LogP contribution in [0.4, 0.5) is 0 Å². The summed E-state index contributed by atoms with van der Waals surface area (Å²) in [5.41, 5.74) is 0.576. The quantitative estimate of drug-likeness (QED) is 0.914. The lowest BCUT2D eigenvalue weighted by Gasteiger charge is -2.16. The number of rotatable bonds is 5. The van der Waals surface area contributed by atoms with Crippen molar-refractivity contribution in [1.82, 2.24) is 9.29 Å². The Bertz CT molecular complexity index is 684. The Morgan fingerprint density at radius 1 is 1.47 bits per heavy atom. The first-order valence-electron chi connectivity index (χ1n) is 5.58. The Kier molecular flexibility index (Phi) is 4.42. The Balaban J connectivity index is 2.36. The van der Waals surface area contributed by atoms with Crippen molar-refractivity contribution in [2.75, 3.05) is 20.2 Å². The Morgan fingerprint density at radius 2 is 2.21 bits per heavy atom. The number of aliphatic hydroxyl groups is 1. The Hall–Kier alpha value is -0.730. The van der Waals surface area contributed by atoms with Gasteiger partial charge >= 0.3 is 0 Å². The maximum atomic E-state index is 12.3. The molecule has 2 rings (SSSR count). The van der Waals surface area contributed by atoms with Crippen LogP contribution in [0, 0.1) is 0 Å². The Morgan fingerprint density at radius 3 is 2.89 bits per heavy atom. The number of fused-ring (bicyclic) bond motifs is 1. The van der Waals surface area contributed by atoms with E-state index in [1.165, 1.54) is 28.8 Å².